The fraction of sp³-hybridized carbons (Fsp3) is 0.357. The summed E-state index contributed by atoms with van der Waals surface area (Å²) in [5.41, 5.74) is 1.62. The highest BCUT2D eigenvalue weighted by atomic mass is 32.1. The number of benzene rings is 1. The maximum Gasteiger partial charge on any atom is 0.257 e. The molecule has 3 rings (SSSR count). The SMILES string of the molecule is CN(C)c1cccc(C(=O)Nc2nnc(C3CC3)s2)c1. The molecule has 1 N–H and O–H groups in total. The van der Waals surface area contributed by atoms with Crippen molar-refractivity contribution >= 4 is 28.1 Å². The molecule has 1 saturated carbocycles. The largest absolute Gasteiger partial charge is 0.378 e. The summed E-state index contributed by atoms with van der Waals surface area (Å²) in [5, 5.41) is 12.6. The number of nitrogens with one attached hydrogen (secondary N) is 1. The van der Waals surface area contributed by atoms with Gasteiger partial charge in [-0.25, -0.2) is 0 Å². The Hall–Kier alpha value is -1.95. The van der Waals surface area contributed by atoms with E-state index in [0.717, 1.165) is 10.7 Å². The van der Waals surface area contributed by atoms with Crippen LogP contribution in [0.1, 0.15) is 34.1 Å². The van der Waals surface area contributed by atoms with Crippen molar-refractivity contribution in [3.63, 3.8) is 0 Å². The molecule has 0 spiro atoms. The minimum absolute atomic E-state index is 0.146. The van der Waals surface area contributed by atoms with E-state index in [4.69, 9.17) is 0 Å². The van der Waals surface area contributed by atoms with Crippen LogP contribution in [0.5, 0.6) is 0 Å². The highest BCUT2D eigenvalue weighted by molar-refractivity contribution is 7.15. The molecule has 5 nitrogen and oxygen atoms in total. The number of amides is 1. The van der Waals surface area contributed by atoms with E-state index in [1.54, 1.807) is 6.07 Å². The summed E-state index contributed by atoms with van der Waals surface area (Å²) >= 11 is 1.47. The Labute approximate surface area is 121 Å². The van der Waals surface area contributed by atoms with Crippen LogP contribution in [0.25, 0.3) is 0 Å². The number of carbonyl (C=O) groups excluding carboxylic acids is 1. The lowest BCUT2D eigenvalue weighted by atomic mass is 10.2. The van der Waals surface area contributed by atoms with Crippen molar-refractivity contribution in [1.29, 1.82) is 0 Å². The maximum absolute atomic E-state index is 12.2. The smallest absolute Gasteiger partial charge is 0.257 e. The van der Waals surface area contributed by atoms with Crippen molar-refractivity contribution < 1.29 is 4.79 Å². The Morgan fingerprint density at radius 2 is 2.15 bits per heavy atom. The van der Waals surface area contributed by atoms with Crippen molar-refractivity contribution in [3.8, 4) is 0 Å². The number of carbonyl (C=O) groups is 1. The van der Waals surface area contributed by atoms with Crippen LogP contribution in [0.2, 0.25) is 0 Å². The first kappa shape index (κ1) is 13.1. The van der Waals surface area contributed by atoms with Gasteiger partial charge in [-0.1, -0.05) is 17.4 Å². The number of aromatic nitrogens is 2. The van der Waals surface area contributed by atoms with Crippen LogP contribution in [0, 0.1) is 0 Å². The molecule has 6 heteroatoms. The molecule has 1 aliphatic rings. The Bertz CT molecular complexity index is 634. The molecule has 0 aliphatic heterocycles. The Morgan fingerprint density at radius 1 is 1.35 bits per heavy atom. The molecular formula is C14H16N4OS. The van der Waals surface area contributed by atoms with Gasteiger partial charge in [0.25, 0.3) is 5.91 Å². The van der Waals surface area contributed by atoms with Crippen LogP contribution in [-0.4, -0.2) is 30.2 Å². The third kappa shape index (κ3) is 2.80. The second kappa shape index (κ2) is 5.20. The predicted octanol–water partition coefficient (Wildman–Crippen LogP) is 2.73. The van der Waals surface area contributed by atoms with E-state index in [2.05, 4.69) is 15.5 Å². The summed E-state index contributed by atoms with van der Waals surface area (Å²) in [4.78, 5) is 14.2. The summed E-state index contributed by atoms with van der Waals surface area (Å²) in [6, 6.07) is 7.50. The lowest BCUT2D eigenvalue weighted by Crippen LogP contribution is -2.14. The van der Waals surface area contributed by atoms with Crippen molar-refractivity contribution in [2.24, 2.45) is 0 Å². The molecule has 20 heavy (non-hydrogen) atoms. The quantitative estimate of drug-likeness (QED) is 0.940. The molecule has 0 bridgehead atoms. The highest BCUT2D eigenvalue weighted by Gasteiger charge is 2.27. The lowest BCUT2D eigenvalue weighted by Gasteiger charge is -2.13. The van der Waals surface area contributed by atoms with E-state index in [1.165, 1.54) is 24.2 Å². The van der Waals surface area contributed by atoms with E-state index in [-0.39, 0.29) is 5.91 Å². The summed E-state index contributed by atoms with van der Waals surface area (Å²) in [5.74, 6) is 0.419. The van der Waals surface area contributed by atoms with E-state index in [1.807, 2.05) is 37.2 Å². The van der Waals surface area contributed by atoms with Gasteiger partial charge < -0.3 is 4.90 Å². The molecule has 0 atom stereocenters. The summed E-state index contributed by atoms with van der Waals surface area (Å²) < 4.78 is 0. The molecule has 0 radical (unpaired) electrons. The average Bonchev–Trinajstić information content (AvgIpc) is 3.20. The molecule has 0 unspecified atom stereocenters. The monoisotopic (exact) mass is 288 g/mol. The fourth-order valence-corrected chi connectivity index (χ4v) is 2.78. The van der Waals surface area contributed by atoms with Gasteiger partial charge in [0.05, 0.1) is 0 Å². The van der Waals surface area contributed by atoms with Crippen LogP contribution in [-0.2, 0) is 0 Å². The van der Waals surface area contributed by atoms with Crippen LogP contribution >= 0.6 is 11.3 Å². The van der Waals surface area contributed by atoms with Gasteiger partial charge in [-0.3, -0.25) is 10.1 Å². The topological polar surface area (TPSA) is 58.1 Å². The Kier molecular flexibility index (Phi) is 3.40. The molecule has 1 aliphatic carbocycles. The first-order valence-electron chi connectivity index (χ1n) is 6.55. The van der Waals surface area contributed by atoms with Gasteiger partial charge in [0.1, 0.15) is 5.01 Å². The Morgan fingerprint density at radius 3 is 2.85 bits per heavy atom. The van der Waals surface area contributed by atoms with Crippen LogP contribution in [0.4, 0.5) is 10.8 Å². The number of anilines is 2. The molecule has 1 aromatic carbocycles. The second-order valence-electron chi connectivity index (χ2n) is 5.12. The van der Waals surface area contributed by atoms with E-state index < -0.39 is 0 Å². The van der Waals surface area contributed by atoms with Gasteiger partial charge >= 0.3 is 0 Å². The number of nitrogens with zero attached hydrogens (tertiary/aromatic N) is 3. The average molecular weight is 288 g/mol. The van der Waals surface area contributed by atoms with E-state index >= 15 is 0 Å². The number of hydrogen-bond donors (Lipinski definition) is 1. The zero-order valence-corrected chi connectivity index (χ0v) is 12.3. The van der Waals surface area contributed by atoms with Crippen molar-refractivity contribution in [2.75, 3.05) is 24.3 Å². The van der Waals surface area contributed by atoms with E-state index in [9.17, 15) is 4.79 Å². The van der Waals surface area contributed by atoms with Gasteiger partial charge in [0.2, 0.25) is 5.13 Å². The van der Waals surface area contributed by atoms with Gasteiger partial charge in [0.15, 0.2) is 0 Å². The highest BCUT2D eigenvalue weighted by Crippen LogP contribution is 2.42. The van der Waals surface area contributed by atoms with Gasteiger partial charge in [-0.15, -0.1) is 10.2 Å². The number of hydrogen-bond acceptors (Lipinski definition) is 5. The normalized spacial score (nSPS) is 14.1. The summed E-state index contributed by atoms with van der Waals surface area (Å²) in [6.45, 7) is 0. The standard InChI is InChI=1S/C14H16N4OS/c1-18(2)11-5-3-4-10(8-11)12(19)15-14-17-16-13(20-14)9-6-7-9/h3-5,8-9H,6-7H2,1-2H3,(H,15,17,19). The second-order valence-corrected chi connectivity index (χ2v) is 6.13. The molecule has 1 heterocycles. The lowest BCUT2D eigenvalue weighted by molar-refractivity contribution is 0.102. The minimum Gasteiger partial charge on any atom is -0.378 e. The van der Waals surface area contributed by atoms with Gasteiger partial charge in [0, 0.05) is 31.3 Å². The first-order valence-corrected chi connectivity index (χ1v) is 7.37. The minimum atomic E-state index is -0.146. The van der Waals surface area contributed by atoms with Crippen molar-refractivity contribution in [3.05, 3.63) is 34.8 Å². The van der Waals surface area contributed by atoms with Crippen LogP contribution in [0.15, 0.2) is 24.3 Å². The van der Waals surface area contributed by atoms with Crippen molar-refractivity contribution in [1.82, 2.24) is 10.2 Å². The zero-order chi connectivity index (χ0) is 14.1. The van der Waals surface area contributed by atoms with Crippen LogP contribution < -0.4 is 10.2 Å². The first-order chi connectivity index (χ1) is 9.63. The molecule has 104 valence electrons. The summed E-state index contributed by atoms with van der Waals surface area (Å²) in [6.07, 6.45) is 2.38. The molecule has 0 saturated heterocycles. The fourth-order valence-electron chi connectivity index (χ4n) is 1.87. The maximum atomic E-state index is 12.2. The van der Waals surface area contributed by atoms with Crippen LogP contribution in [0.3, 0.4) is 0 Å². The predicted molar refractivity (Wildman–Crippen MR) is 80.6 cm³/mol. The molecule has 2 aromatic rings. The zero-order valence-electron chi connectivity index (χ0n) is 11.5. The molecule has 1 amide bonds. The third-order valence-corrected chi connectivity index (χ3v) is 4.21. The Balaban J connectivity index is 1.73. The third-order valence-electron chi connectivity index (χ3n) is 3.21. The molecule has 1 fully saturated rings. The number of rotatable bonds is 4. The molecule has 1 aromatic heterocycles. The van der Waals surface area contributed by atoms with Gasteiger partial charge in [-0.2, -0.15) is 0 Å². The van der Waals surface area contributed by atoms with E-state index in [0.29, 0.717) is 16.6 Å². The van der Waals surface area contributed by atoms with Crippen molar-refractivity contribution in [2.45, 2.75) is 18.8 Å². The molecular weight excluding hydrogens is 272 g/mol. The summed E-state index contributed by atoms with van der Waals surface area (Å²) in [7, 11) is 3.90. The van der Waals surface area contributed by atoms with Gasteiger partial charge in [-0.05, 0) is 31.0 Å².